The minimum Gasteiger partial charge on any atom is -0.314 e. The Bertz CT molecular complexity index is 203. The van der Waals surface area contributed by atoms with E-state index in [1.807, 2.05) is 0 Å². The van der Waals surface area contributed by atoms with Crippen molar-refractivity contribution < 1.29 is 0 Å². The molecule has 1 saturated carbocycles. The predicted octanol–water partition coefficient (Wildman–Crippen LogP) is 3.03. The maximum atomic E-state index is 3.68. The summed E-state index contributed by atoms with van der Waals surface area (Å²) in [4.78, 5) is 2.75. The highest BCUT2D eigenvalue weighted by molar-refractivity contribution is 4.89. The Morgan fingerprint density at radius 1 is 1.00 bits per heavy atom. The van der Waals surface area contributed by atoms with Crippen LogP contribution in [0.25, 0.3) is 0 Å². The zero-order valence-electron chi connectivity index (χ0n) is 11.8. The fourth-order valence-corrected chi connectivity index (χ4v) is 3.49. The fraction of sp³-hybridized carbons (Fsp3) is 1.00. The lowest BCUT2D eigenvalue weighted by molar-refractivity contribution is 0.0271. The molecule has 1 saturated heterocycles. The van der Waals surface area contributed by atoms with Gasteiger partial charge >= 0.3 is 0 Å². The monoisotopic (exact) mass is 238 g/mol. The maximum Gasteiger partial charge on any atom is 0.00966 e. The third-order valence-corrected chi connectivity index (χ3v) is 4.58. The van der Waals surface area contributed by atoms with Gasteiger partial charge in [-0.25, -0.2) is 0 Å². The molecule has 0 unspecified atom stereocenters. The van der Waals surface area contributed by atoms with E-state index in [4.69, 9.17) is 0 Å². The summed E-state index contributed by atoms with van der Waals surface area (Å²) < 4.78 is 0. The quantitative estimate of drug-likeness (QED) is 0.765. The van der Waals surface area contributed by atoms with Gasteiger partial charge < -0.3 is 5.32 Å². The average molecular weight is 238 g/mol. The van der Waals surface area contributed by atoms with Gasteiger partial charge in [0.25, 0.3) is 0 Å². The first kappa shape index (κ1) is 13.4. The number of nitrogens with one attached hydrogen (secondary N) is 1. The van der Waals surface area contributed by atoms with E-state index in [9.17, 15) is 0 Å². The molecule has 2 heteroatoms. The van der Waals surface area contributed by atoms with Crippen molar-refractivity contribution in [2.45, 2.75) is 70.9 Å². The molecule has 2 rings (SSSR count). The summed E-state index contributed by atoms with van der Waals surface area (Å²) in [7, 11) is 0. The van der Waals surface area contributed by atoms with E-state index in [0.29, 0.717) is 0 Å². The third-order valence-electron chi connectivity index (χ3n) is 4.58. The molecular weight excluding hydrogens is 208 g/mol. The first-order valence-corrected chi connectivity index (χ1v) is 7.80. The van der Waals surface area contributed by atoms with E-state index in [0.717, 1.165) is 18.0 Å². The maximum absolute atomic E-state index is 3.68. The Balaban J connectivity index is 1.60. The van der Waals surface area contributed by atoms with Crippen LogP contribution in [0.2, 0.25) is 0 Å². The van der Waals surface area contributed by atoms with Crippen molar-refractivity contribution in [2.75, 3.05) is 19.6 Å². The Hall–Kier alpha value is -0.0800. The lowest BCUT2D eigenvalue weighted by Crippen LogP contribution is -2.53. The van der Waals surface area contributed by atoms with Gasteiger partial charge in [0.1, 0.15) is 0 Å². The number of hydrogen-bond donors (Lipinski definition) is 1. The topological polar surface area (TPSA) is 15.3 Å². The van der Waals surface area contributed by atoms with Gasteiger partial charge in [-0.1, -0.05) is 20.3 Å². The Labute approximate surface area is 107 Å². The first-order chi connectivity index (χ1) is 8.33. The molecule has 0 aromatic carbocycles. The average Bonchev–Trinajstić information content (AvgIpc) is 2.32. The van der Waals surface area contributed by atoms with Crippen LogP contribution in [0.5, 0.6) is 0 Å². The molecule has 1 aliphatic heterocycles. The molecule has 1 heterocycles. The molecule has 100 valence electrons. The van der Waals surface area contributed by atoms with Crippen LogP contribution < -0.4 is 5.32 Å². The third kappa shape index (κ3) is 3.69. The molecule has 0 radical (unpaired) electrons. The molecule has 0 bridgehead atoms. The van der Waals surface area contributed by atoms with Crippen molar-refractivity contribution in [3.63, 3.8) is 0 Å². The van der Waals surface area contributed by atoms with Crippen molar-refractivity contribution >= 4 is 0 Å². The van der Waals surface area contributed by atoms with Crippen LogP contribution in [-0.2, 0) is 0 Å². The summed E-state index contributed by atoms with van der Waals surface area (Å²) in [5.41, 5.74) is 0. The van der Waals surface area contributed by atoms with Gasteiger partial charge in [-0.05, 0) is 51.0 Å². The molecular formula is C15H30N2. The highest BCUT2D eigenvalue weighted by Crippen LogP contribution is 2.30. The highest BCUT2D eigenvalue weighted by atomic mass is 15.2. The van der Waals surface area contributed by atoms with Gasteiger partial charge in [0.15, 0.2) is 0 Å². The van der Waals surface area contributed by atoms with Crippen LogP contribution in [0.4, 0.5) is 0 Å². The molecule has 1 N–H and O–H groups in total. The molecule has 1 aliphatic carbocycles. The second-order valence-electron chi connectivity index (χ2n) is 6.07. The number of hydrogen-bond acceptors (Lipinski definition) is 2. The highest BCUT2D eigenvalue weighted by Gasteiger charge is 2.33. The summed E-state index contributed by atoms with van der Waals surface area (Å²) in [6, 6.07) is 1.74. The van der Waals surface area contributed by atoms with Crippen molar-refractivity contribution in [1.82, 2.24) is 10.2 Å². The summed E-state index contributed by atoms with van der Waals surface area (Å²) >= 11 is 0. The first-order valence-electron chi connectivity index (χ1n) is 7.80. The summed E-state index contributed by atoms with van der Waals surface area (Å²) in [5, 5.41) is 3.68. The Morgan fingerprint density at radius 3 is 2.29 bits per heavy atom. The molecule has 2 fully saturated rings. The lowest BCUT2D eigenvalue weighted by atomic mass is 9.85. The Morgan fingerprint density at radius 2 is 1.71 bits per heavy atom. The Kier molecular flexibility index (Phi) is 5.30. The zero-order valence-corrected chi connectivity index (χ0v) is 11.8. The molecule has 0 aromatic rings. The molecule has 2 aliphatic rings. The molecule has 0 aromatic heterocycles. The predicted molar refractivity (Wildman–Crippen MR) is 74.3 cm³/mol. The van der Waals surface area contributed by atoms with Gasteiger partial charge in [0, 0.05) is 25.2 Å². The van der Waals surface area contributed by atoms with Crippen LogP contribution in [0.3, 0.4) is 0 Å². The SMILES string of the molecule is CCCNC1CCC(N2CC(CCC)C2)CC1. The largest absolute Gasteiger partial charge is 0.314 e. The molecule has 0 amide bonds. The minimum atomic E-state index is 0.818. The van der Waals surface area contributed by atoms with Crippen molar-refractivity contribution in [2.24, 2.45) is 5.92 Å². The van der Waals surface area contributed by atoms with Crippen LogP contribution in [0, 0.1) is 5.92 Å². The zero-order chi connectivity index (χ0) is 12.1. The molecule has 0 spiro atoms. The van der Waals surface area contributed by atoms with Gasteiger partial charge in [-0.2, -0.15) is 0 Å². The van der Waals surface area contributed by atoms with Crippen LogP contribution >= 0.6 is 0 Å². The molecule has 17 heavy (non-hydrogen) atoms. The van der Waals surface area contributed by atoms with Gasteiger partial charge in [0.2, 0.25) is 0 Å². The number of likely N-dealkylation sites (tertiary alicyclic amines) is 1. The van der Waals surface area contributed by atoms with Crippen molar-refractivity contribution in [3.05, 3.63) is 0 Å². The summed E-state index contributed by atoms with van der Waals surface area (Å²) in [5.74, 6) is 1.02. The number of nitrogens with zero attached hydrogens (tertiary/aromatic N) is 1. The minimum absolute atomic E-state index is 0.818. The normalized spacial score (nSPS) is 31.4. The lowest BCUT2D eigenvalue weighted by Gasteiger charge is -2.47. The van der Waals surface area contributed by atoms with E-state index in [1.165, 1.54) is 64.6 Å². The second kappa shape index (κ2) is 6.75. The fourth-order valence-electron chi connectivity index (χ4n) is 3.49. The van der Waals surface area contributed by atoms with Crippen molar-refractivity contribution in [1.29, 1.82) is 0 Å². The standard InChI is InChI=1S/C15H30N2/c1-3-5-13-11-17(12-13)15-8-6-14(7-9-15)16-10-4-2/h13-16H,3-12H2,1-2H3. The van der Waals surface area contributed by atoms with Gasteiger partial charge in [0.05, 0.1) is 0 Å². The molecule has 2 nitrogen and oxygen atoms in total. The smallest absolute Gasteiger partial charge is 0.00966 e. The van der Waals surface area contributed by atoms with Crippen LogP contribution in [-0.4, -0.2) is 36.6 Å². The van der Waals surface area contributed by atoms with E-state index in [-0.39, 0.29) is 0 Å². The van der Waals surface area contributed by atoms with E-state index < -0.39 is 0 Å². The summed E-state index contributed by atoms with van der Waals surface area (Å²) in [6.07, 6.45) is 9.75. The van der Waals surface area contributed by atoms with E-state index in [1.54, 1.807) is 0 Å². The van der Waals surface area contributed by atoms with Gasteiger partial charge in [-0.3, -0.25) is 4.90 Å². The van der Waals surface area contributed by atoms with E-state index in [2.05, 4.69) is 24.1 Å². The molecule has 0 atom stereocenters. The van der Waals surface area contributed by atoms with Crippen LogP contribution in [0.15, 0.2) is 0 Å². The van der Waals surface area contributed by atoms with E-state index >= 15 is 0 Å². The van der Waals surface area contributed by atoms with Crippen molar-refractivity contribution in [3.8, 4) is 0 Å². The second-order valence-corrected chi connectivity index (χ2v) is 6.07. The number of rotatable bonds is 6. The van der Waals surface area contributed by atoms with Crippen LogP contribution in [0.1, 0.15) is 58.8 Å². The van der Waals surface area contributed by atoms with Gasteiger partial charge in [-0.15, -0.1) is 0 Å². The summed E-state index contributed by atoms with van der Waals surface area (Å²) in [6.45, 7) is 8.56.